The Kier molecular flexibility index (Phi) is 7.61. The molecule has 1 aliphatic heterocycles. The third-order valence-corrected chi connectivity index (χ3v) is 3.84. The van der Waals surface area contributed by atoms with Crippen LogP contribution in [0.25, 0.3) is 0 Å². The molecule has 0 bridgehead atoms. The minimum atomic E-state index is -0.422. The van der Waals surface area contributed by atoms with E-state index in [1.54, 1.807) is 0 Å². The maximum atomic E-state index is 12.0. The van der Waals surface area contributed by atoms with Gasteiger partial charge in [-0.3, -0.25) is 24.1 Å². The van der Waals surface area contributed by atoms with E-state index in [0.717, 1.165) is 16.7 Å². The summed E-state index contributed by atoms with van der Waals surface area (Å²) < 4.78 is 5.21. The van der Waals surface area contributed by atoms with Crippen LogP contribution in [-0.4, -0.2) is 68.1 Å². The molecule has 8 nitrogen and oxygen atoms in total. The molecule has 0 unspecified atom stereocenters. The number of amides is 4. The lowest BCUT2D eigenvalue weighted by Gasteiger charge is -2.14. The Balaban J connectivity index is 2.32. The van der Waals surface area contributed by atoms with Crippen LogP contribution in [0.4, 0.5) is 0 Å². The minimum Gasteiger partial charge on any atom is -0.379 e. The monoisotopic (exact) mass is 329 g/mol. The van der Waals surface area contributed by atoms with Gasteiger partial charge in [0.1, 0.15) is 0 Å². The molecule has 4 amide bonds. The average Bonchev–Trinajstić information content (AvgIpc) is 2.78. The smallest absolute Gasteiger partial charge is 0.267 e. The van der Waals surface area contributed by atoms with Crippen molar-refractivity contribution >= 4 is 35.4 Å². The van der Waals surface area contributed by atoms with E-state index < -0.39 is 11.8 Å². The summed E-state index contributed by atoms with van der Waals surface area (Å²) in [6, 6.07) is 0. The fourth-order valence-corrected chi connectivity index (χ4v) is 2.41. The number of imide groups is 1. The highest BCUT2D eigenvalue weighted by Gasteiger charge is 2.31. The maximum absolute atomic E-state index is 12.0. The molecular weight excluding hydrogens is 310 g/mol. The van der Waals surface area contributed by atoms with Crippen molar-refractivity contribution in [3.8, 4) is 0 Å². The fraction of sp³-hybridized carbons (Fsp3) is 0.538. The van der Waals surface area contributed by atoms with Crippen LogP contribution in [0.2, 0.25) is 0 Å². The lowest BCUT2D eigenvalue weighted by Crippen LogP contribution is -2.34. The molecule has 0 aromatic heterocycles. The van der Waals surface area contributed by atoms with Crippen LogP contribution in [0.15, 0.2) is 11.0 Å². The fourth-order valence-electron chi connectivity index (χ4n) is 1.56. The van der Waals surface area contributed by atoms with Gasteiger partial charge in [0.25, 0.3) is 11.8 Å². The first kappa shape index (κ1) is 18.2. The van der Waals surface area contributed by atoms with Gasteiger partial charge in [0.2, 0.25) is 11.8 Å². The van der Waals surface area contributed by atoms with Gasteiger partial charge in [0, 0.05) is 26.6 Å². The van der Waals surface area contributed by atoms with Gasteiger partial charge in [-0.05, 0) is 0 Å². The first-order valence-corrected chi connectivity index (χ1v) is 7.67. The van der Waals surface area contributed by atoms with Crippen molar-refractivity contribution < 1.29 is 23.9 Å². The summed E-state index contributed by atoms with van der Waals surface area (Å²) in [7, 11) is 3.04. The number of ether oxygens (including phenoxy) is 1. The highest BCUT2D eigenvalue weighted by molar-refractivity contribution is 8.04. The first-order chi connectivity index (χ1) is 10.5. The predicted molar refractivity (Wildman–Crippen MR) is 80.8 cm³/mol. The highest BCUT2D eigenvalue weighted by atomic mass is 32.2. The van der Waals surface area contributed by atoms with Crippen molar-refractivity contribution in [2.75, 3.05) is 39.6 Å². The predicted octanol–water partition coefficient (Wildman–Crippen LogP) is -1.13. The van der Waals surface area contributed by atoms with Crippen LogP contribution in [0.1, 0.15) is 6.42 Å². The van der Waals surface area contributed by atoms with Crippen LogP contribution in [0, 0.1) is 0 Å². The zero-order chi connectivity index (χ0) is 16.5. The van der Waals surface area contributed by atoms with E-state index in [-0.39, 0.29) is 48.7 Å². The van der Waals surface area contributed by atoms with E-state index in [9.17, 15) is 19.2 Å². The summed E-state index contributed by atoms with van der Waals surface area (Å²) >= 11 is 1.03. The van der Waals surface area contributed by atoms with Gasteiger partial charge < -0.3 is 15.4 Å². The van der Waals surface area contributed by atoms with Gasteiger partial charge in [-0.25, -0.2) is 0 Å². The van der Waals surface area contributed by atoms with Crippen LogP contribution < -0.4 is 10.6 Å². The Morgan fingerprint density at radius 1 is 1.18 bits per heavy atom. The third kappa shape index (κ3) is 5.49. The number of nitrogens with one attached hydrogen (secondary N) is 2. The molecule has 1 rings (SSSR count). The molecule has 0 spiro atoms. The molecule has 0 aromatic carbocycles. The van der Waals surface area contributed by atoms with Crippen LogP contribution in [0.3, 0.4) is 0 Å². The van der Waals surface area contributed by atoms with Crippen LogP contribution >= 0.6 is 11.8 Å². The van der Waals surface area contributed by atoms with Crippen molar-refractivity contribution in [3.63, 3.8) is 0 Å². The summed E-state index contributed by atoms with van der Waals surface area (Å²) in [6.07, 6.45) is 1.45. The zero-order valence-corrected chi connectivity index (χ0v) is 13.3. The Labute approximate surface area is 132 Å². The molecule has 0 aromatic rings. The van der Waals surface area contributed by atoms with E-state index in [0.29, 0.717) is 0 Å². The van der Waals surface area contributed by atoms with E-state index in [1.165, 1.54) is 20.2 Å². The molecule has 122 valence electrons. The minimum absolute atomic E-state index is 0.0812. The standard InChI is InChI=1S/C13H19N3O5S/c1-14-10(17)3-5-21-6-4-16-12(19)7-9(13(16)20)22-8-11(18)15-2/h7H,3-6,8H2,1-2H3,(H,14,17)(H,15,18). The second-order valence-electron chi connectivity index (χ2n) is 4.30. The summed E-state index contributed by atoms with van der Waals surface area (Å²) in [4.78, 5) is 47.1. The summed E-state index contributed by atoms with van der Waals surface area (Å²) in [5.74, 6) is -1.12. The van der Waals surface area contributed by atoms with Crippen molar-refractivity contribution in [2.24, 2.45) is 0 Å². The molecule has 9 heteroatoms. The van der Waals surface area contributed by atoms with Gasteiger partial charge in [-0.2, -0.15) is 0 Å². The molecule has 0 aliphatic carbocycles. The van der Waals surface area contributed by atoms with Crippen molar-refractivity contribution in [2.45, 2.75) is 6.42 Å². The molecule has 2 N–H and O–H groups in total. The van der Waals surface area contributed by atoms with Crippen molar-refractivity contribution in [3.05, 3.63) is 11.0 Å². The molecule has 0 atom stereocenters. The number of thioether (sulfide) groups is 1. The Morgan fingerprint density at radius 3 is 2.50 bits per heavy atom. The SMILES string of the molecule is CNC(=O)CCOCCN1C(=O)C=C(SCC(=O)NC)C1=O. The normalized spacial score (nSPS) is 14.1. The summed E-state index contributed by atoms with van der Waals surface area (Å²) in [5.41, 5.74) is 0. The molecule has 0 saturated heterocycles. The average molecular weight is 329 g/mol. The van der Waals surface area contributed by atoms with E-state index in [1.807, 2.05) is 0 Å². The Bertz CT molecular complexity index is 492. The number of carbonyl (C=O) groups excluding carboxylic acids is 4. The topological polar surface area (TPSA) is 105 Å². The maximum Gasteiger partial charge on any atom is 0.267 e. The number of hydrogen-bond donors (Lipinski definition) is 2. The molecule has 0 saturated carbocycles. The number of rotatable bonds is 9. The number of carbonyl (C=O) groups is 4. The van der Waals surface area contributed by atoms with Crippen LogP contribution in [-0.2, 0) is 23.9 Å². The molecule has 0 radical (unpaired) electrons. The van der Waals surface area contributed by atoms with E-state index in [2.05, 4.69) is 10.6 Å². The summed E-state index contributed by atoms with van der Waals surface area (Å²) in [5, 5.41) is 4.90. The van der Waals surface area contributed by atoms with Crippen molar-refractivity contribution in [1.29, 1.82) is 0 Å². The first-order valence-electron chi connectivity index (χ1n) is 6.68. The highest BCUT2D eigenvalue weighted by Crippen LogP contribution is 2.23. The number of nitrogens with zero attached hydrogens (tertiary/aromatic N) is 1. The summed E-state index contributed by atoms with van der Waals surface area (Å²) in [6.45, 7) is 0.503. The zero-order valence-electron chi connectivity index (χ0n) is 12.5. The molecule has 1 aliphatic rings. The van der Waals surface area contributed by atoms with E-state index >= 15 is 0 Å². The third-order valence-electron chi connectivity index (χ3n) is 2.83. The van der Waals surface area contributed by atoms with Gasteiger partial charge in [0.05, 0.1) is 30.4 Å². The molecule has 1 heterocycles. The van der Waals surface area contributed by atoms with Gasteiger partial charge in [-0.15, -0.1) is 11.8 Å². The quantitative estimate of drug-likeness (QED) is 0.410. The lowest BCUT2D eigenvalue weighted by atomic mass is 10.4. The molecule has 22 heavy (non-hydrogen) atoms. The Morgan fingerprint density at radius 2 is 1.86 bits per heavy atom. The number of hydrogen-bond acceptors (Lipinski definition) is 6. The molecule has 0 fully saturated rings. The largest absolute Gasteiger partial charge is 0.379 e. The van der Waals surface area contributed by atoms with Gasteiger partial charge >= 0.3 is 0 Å². The lowest BCUT2D eigenvalue weighted by molar-refractivity contribution is -0.138. The van der Waals surface area contributed by atoms with Gasteiger partial charge in [0.15, 0.2) is 0 Å². The second kappa shape index (κ2) is 9.21. The van der Waals surface area contributed by atoms with Crippen LogP contribution in [0.5, 0.6) is 0 Å². The van der Waals surface area contributed by atoms with Gasteiger partial charge in [-0.1, -0.05) is 0 Å². The Hall–Kier alpha value is -1.87. The van der Waals surface area contributed by atoms with E-state index in [4.69, 9.17) is 4.74 Å². The second-order valence-corrected chi connectivity index (χ2v) is 5.32. The molecular formula is C13H19N3O5S. The van der Waals surface area contributed by atoms with Crippen molar-refractivity contribution in [1.82, 2.24) is 15.5 Å².